The average Bonchev–Trinajstić information content (AvgIpc) is 2.19. The lowest BCUT2D eigenvalue weighted by atomic mass is 10.2. The molecule has 1 rings (SSSR count). The van der Waals surface area contributed by atoms with E-state index in [2.05, 4.69) is 5.32 Å². The summed E-state index contributed by atoms with van der Waals surface area (Å²) in [6.45, 7) is 0. The fraction of sp³-hybridized carbons (Fsp3) is 0. The van der Waals surface area contributed by atoms with Gasteiger partial charge in [0.1, 0.15) is 0 Å². The lowest BCUT2D eigenvalue weighted by Crippen LogP contribution is -2.07. The molecule has 0 aliphatic rings. The summed E-state index contributed by atoms with van der Waals surface area (Å²) in [5.74, 6) is -0.419. The number of nitrogens with one attached hydrogen (secondary N) is 1. The number of aliphatic hydroxyl groups excluding tert-OH is 1. The molecular formula is C10H8N2O2. The highest BCUT2D eigenvalue weighted by atomic mass is 16.2. The Balaban J connectivity index is 2.70. The van der Waals surface area contributed by atoms with E-state index >= 15 is 0 Å². The standard InChI is InChI=1S/C10H8N2O2/c11-7-8-1-3-9(4-2-8)12-10(14)5-6-13/h1-6,13H,(H,12,14). The van der Waals surface area contributed by atoms with E-state index in [4.69, 9.17) is 10.4 Å². The SMILES string of the molecule is N#Cc1ccc(NC(=O)C=CO)cc1. The molecule has 0 saturated carbocycles. The van der Waals surface area contributed by atoms with Crippen molar-refractivity contribution in [3.05, 3.63) is 42.2 Å². The van der Waals surface area contributed by atoms with Gasteiger partial charge in [-0.1, -0.05) is 0 Å². The van der Waals surface area contributed by atoms with Gasteiger partial charge in [-0.25, -0.2) is 0 Å². The highest BCUT2D eigenvalue weighted by molar-refractivity contribution is 5.99. The van der Waals surface area contributed by atoms with Gasteiger partial charge in [0.25, 0.3) is 5.91 Å². The molecule has 0 aliphatic carbocycles. The zero-order valence-corrected chi connectivity index (χ0v) is 7.27. The minimum absolute atomic E-state index is 0.419. The summed E-state index contributed by atoms with van der Waals surface area (Å²) in [6, 6.07) is 8.38. The van der Waals surface area contributed by atoms with Crippen molar-refractivity contribution in [1.29, 1.82) is 5.26 Å². The van der Waals surface area contributed by atoms with Gasteiger partial charge in [-0.05, 0) is 24.3 Å². The van der Waals surface area contributed by atoms with Crippen LogP contribution in [-0.4, -0.2) is 11.0 Å². The number of amides is 1. The van der Waals surface area contributed by atoms with Crippen LogP contribution < -0.4 is 5.32 Å². The van der Waals surface area contributed by atoms with Crippen LogP contribution >= 0.6 is 0 Å². The number of nitrogens with zero attached hydrogens (tertiary/aromatic N) is 1. The van der Waals surface area contributed by atoms with E-state index in [0.717, 1.165) is 6.08 Å². The second-order valence-corrected chi connectivity index (χ2v) is 2.49. The van der Waals surface area contributed by atoms with Gasteiger partial charge in [-0.3, -0.25) is 4.79 Å². The van der Waals surface area contributed by atoms with Crippen molar-refractivity contribution in [2.75, 3.05) is 5.32 Å². The van der Waals surface area contributed by atoms with Crippen LogP contribution in [0.2, 0.25) is 0 Å². The van der Waals surface area contributed by atoms with E-state index in [-0.39, 0.29) is 0 Å². The Kier molecular flexibility index (Phi) is 3.27. The third kappa shape index (κ3) is 2.64. The number of rotatable bonds is 2. The molecule has 0 bridgehead atoms. The summed E-state index contributed by atoms with van der Waals surface area (Å²) < 4.78 is 0. The molecule has 2 N–H and O–H groups in total. The number of hydrogen-bond acceptors (Lipinski definition) is 3. The van der Waals surface area contributed by atoms with Crippen LogP contribution in [0.5, 0.6) is 0 Å². The Morgan fingerprint density at radius 1 is 1.43 bits per heavy atom. The normalized spacial score (nSPS) is 9.64. The number of anilines is 1. The van der Waals surface area contributed by atoms with Crippen molar-refractivity contribution in [2.24, 2.45) is 0 Å². The Labute approximate surface area is 81.1 Å². The zero-order valence-electron chi connectivity index (χ0n) is 7.27. The van der Waals surface area contributed by atoms with Gasteiger partial charge in [0, 0.05) is 11.8 Å². The maximum atomic E-state index is 10.9. The molecule has 14 heavy (non-hydrogen) atoms. The van der Waals surface area contributed by atoms with Crippen LogP contribution in [0.1, 0.15) is 5.56 Å². The molecular weight excluding hydrogens is 180 g/mol. The van der Waals surface area contributed by atoms with Gasteiger partial charge in [0.15, 0.2) is 0 Å². The fourth-order valence-electron chi connectivity index (χ4n) is 0.880. The number of hydrogen-bond donors (Lipinski definition) is 2. The van der Waals surface area contributed by atoms with Gasteiger partial charge in [0.05, 0.1) is 17.9 Å². The van der Waals surface area contributed by atoms with Crippen molar-refractivity contribution in [2.45, 2.75) is 0 Å². The molecule has 0 heterocycles. The largest absolute Gasteiger partial charge is 0.515 e. The minimum Gasteiger partial charge on any atom is -0.515 e. The highest BCUT2D eigenvalue weighted by Crippen LogP contribution is 2.08. The number of carbonyl (C=O) groups excluding carboxylic acids is 1. The zero-order chi connectivity index (χ0) is 10.4. The Bertz CT molecular complexity index is 388. The summed E-state index contributed by atoms with van der Waals surface area (Å²) >= 11 is 0. The molecule has 4 heteroatoms. The first-order valence-corrected chi connectivity index (χ1v) is 3.88. The molecule has 1 aromatic rings. The maximum Gasteiger partial charge on any atom is 0.251 e. The van der Waals surface area contributed by atoms with E-state index in [9.17, 15) is 4.79 Å². The van der Waals surface area contributed by atoms with Crippen LogP contribution in [0.25, 0.3) is 0 Å². The number of aliphatic hydroxyl groups is 1. The topological polar surface area (TPSA) is 73.1 Å². The van der Waals surface area contributed by atoms with Gasteiger partial charge < -0.3 is 10.4 Å². The van der Waals surface area contributed by atoms with Gasteiger partial charge in [-0.2, -0.15) is 5.26 Å². The lowest BCUT2D eigenvalue weighted by molar-refractivity contribution is -0.112. The smallest absolute Gasteiger partial charge is 0.251 e. The molecule has 4 nitrogen and oxygen atoms in total. The lowest BCUT2D eigenvalue weighted by Gasteiger charge is -2.00. The third-order valence-electron chi connectivity index (χ3n) is 1.51. The molecule has 0 radical (unpaired) electrons. The van der Waals surface area contributed by atoms with E-state index in [1.54, 1.807) is 24.3 Å². The molecule has 70 valence electrons. The predicted octanol–water partition coefficient (Wildman–Crippen LogP) is 1.57. The Morgan fingerprint density at radius 3 is 2.57 bits per heavy atom. The first-order valence-electron chi connectivity index (χ1n) is 3.88. The number of nitriles is 1. The van der Waals surface area contributed by atoms with E-state index in [1.807, 2.05) is 6.07 Å². The molecule has 0 atom stereocenters. The van der Waals surface area contributed by atoms with E-state index in [0.29, 0.717) is 17.5 Å². The predicted molar refractivity (Wildman–Crippen MR) is 51.6 cm³/mol. The Hall–Kier alpha value is -2.28. The van der Waals surface area contributed by atoms with Crippen LogP contribution in [0.3, 0.4) is 0 Å². The first-order chi connectivity index (χ1) is 6.76. The van der Waals surface area contributed by atoms with Gasteiger partial charge in [-0.15, -0.1) is 0 Å². The number of carbonyl (C=O) groups is 1. The molecule has 0 saturated heterocycles. The first kappa shape index (κ1) is 9.81. The van der Waals surface area contributed by atoms with Crippen molar-refractivity contribution in [3.63, 3.8) is 0 Å². The second kappa shape index (κ2) is 4.67. The van der Waals surface area contributed by atoms with Crippen LogP contribution in [0.15, 0.2) is 36.6 Å². The summed E-state index contributed by atoms with van der Waals surface area (Å²) in [5, 5.41) is 19.3. The molecule has 0 aliphatic heterocycles. The Morgan fingerprint density at radius 2 is 2.07 bits per heavy atom. The van der Waals surface area contributed by atoms with Gasteiger partial charge >= 0.3 is 0 Å². The maximum absolute atomic E-state index is 10.9. The van der Waals surface area contributed by atoms with Crippen LogP contribution in [0, 0.1) is 11.3 Å². The minimum atomic E-state index is -0.419. The highest BCUT2D eigenvalue weighted by Gasteiger charge is 1.97. The molecule has 1 aromatic carbocycles. The molecule has 0 aromatic heterocycles. The summed E-state index contributed by atoms with van der Waals surface area (Å²) in [7, 11) is 0. The summed E-state index contributed by atoms with van der Waals surface area (Å²) in [6.07, 6.45) is 1.66. The third-order valence-corrected chi connectivity index (χ3v) is 1.51. The average molecular weight is 188 g/mol. The fourth-order valence-corrected chi connectivity index (χ4v) is 0.880. The van der Waals surface area contributed by atoms with Crippen LogP contribution in [-0.2, 0) is 4.79 Å². The quantitative estimate of drug-likeness (QED) is 0.546. The molecule has 0 spiro atoms. The molecule has 0 unspecified atom stereocenters. The monoisotopic (exact) mass is 188 g/mol. The second-order valence-electron chi connectivity index (χ2n) is 2.49. The van der Waals surface area contributed by atoms with E-state index in [1.165, 1.54) is 0 Å². The van der Waals surface area contributed by atoms with Crippen molar-refractivity contribution in [1.82, 2.24) is 0 Å². The molecule has 1 amide bonds. The summed E-state index contributed by atoms with van der Waals surface area (Å²) in [5.41, 5.74) is 1.10. The van der Waals surface area contributed by atoms with Crippen molar-refractivity contribution in [3.8, 4) is 6.07 Å². The summed E-state index contributed by atoms with van der Waals surface area (Å²) in [4.78, 5) is 10.9. The van der Waals surface area contributed by atoms with Gasteiger partial charge in [0.2, 0.25) is 0 Å². The van der Waals surface area contributed by atoms with Crippen molar-refractivity contribution >= 4 is 11.6 Å². The number of benzene rings is 1. The van der Waals surface area contributed by atoms with Crippen LogP contribution in [0.4, 0.5) is 5.69 Å². The molecule has 0 fully saturated rings. The van der Waals surface area contributed by atoms with Crippen molar-refractivity contribution < 1.29 is 9.90 Å². The van der Waals surface area contributed by atoms with E-state index < -0.39 is 5.91 Å².